The number of aliphatic hydroxyl groups is 1. The second-order valence-electron chi connectivity index (χ2n) is 8.21. The van der Waals surface area contributed by atoms with Crippen LogP contribution in [0.3, 0.4) is 0 Å². The summed E-state index contributed by atoms with van der Waals surface area (Å²) in [4.78, 5) is 27.5. The lowest BCUT2D eigenvalue weighted by Gasteiger charge is -2.26. The Morgan fingerprint density at radius 2 is 1.75 bits per heavy atom. The summed E-state index contributed by atoms with van der Waals surface area (Å²) < 4.78 is 44.8. The van der Waals surface area contributed by atoms with Gasteiger partial charge in [0.2, 0.25) is 0 Å². The Balaban J connectivity index is 1.91. The number of hydrogen-bond donors (Lipinski definition) is 1. The number of ketones is 1. The first-order valence-corrected chi connectivity index (χ1v) is 11.4. The molecule has 0 spiro atoms. The Morgan fingerprint density at radius 1 is 1.06 bits per heavy atom. The van der Waals surface area contributed by atoms with E-state index < -0.39 is 35.2 Å². The van der Waals surface area contributed by atoms with E-state index in [0.717, 1.165) is 34.7 Å². The Labute approximate surface area is 210 Å². The van der Waals surface area contributed by atoms with Crippen LogP contribution < -0.4 is 9.64 Å². The number of nitrogens with zero attached hydrogens (tertiary/aromatic N) is 1. The third kappa shape index (κ3) is 4.68. The summed E-state index contributed by atoms with van der Waals surface area (Å²) in [5, 5.41) is 11.5. The lowest BCUT2D eigenvalue weighted by molar-refractivity contribution is -0.137. The molecule has 0 aliphatic carbocycles. The molecular weight excluding hydrogens is 495 g/mol. The van der Waals surface area contributed by atoms with Gasteiger partial charge in [-0.05, 0) is 61.9 Å². The van der Waals surface area contributed by atoms with Gasteiger partial charge in [-0.1, -0.05) is 41.4 Å². The van der Waals surface area contributed by atoms with Crippen molar-refractivity contribution in [1.29, 1.82) is 0 Å². The van der Waals surface area contributed by atoms with Crippen molar-refractivity contribution >= 4 is 34.7 Å². The zero-order valence-corrected chi connectivity index (χ0v) is 20.0. The summed E-state index contributed by atoms with van der Waals surface area (Å²) in [6.45, 7) is 3.89. The molecule has 0 bridgehead atoms. The monoisotopic (exact) mass is 515 g/mol. The van der Waals surface area contributed by atoms with Crippen molar-refractivity contribution in [2.75, 3.05) is 11.5 Å². The average molecular weight is 516 g/mol. The average Bonchev–Trinajstić information content (AvgIpc) is 3.10. The van der Waals surface area contributed by atoms with Crippen LogP contribution in [0.15, 0.2) is 72.3 Å². The molecule has 4 rings (SSSR count). The van der Waals surface area contributed by atoms with E-state index in [4.69, 9.17) is 16.3 Å². The molecule has 186 valence electrons. The summed E-state index contributed by atoms with van der Waals surface area (Å²) in [7, 11) is 0. The molecule has 0 radical (unpaired) electrons. The largest absolute Gasteiger partial charge is 0.507 e. The number of alkyl halides is 3. The normalized spacial score (nSPS) is 17.5. The van der Waals surface area contributed by atoms with Crippen molar-refractivity contribution in [3.63, 3.8) is 0 Å². The van der Waals surface area contributed by atoms with Gasteiger partial charge in [-0.3, -0.25) is 14.5 Å². The standard InChI is InChI=1S/C27H21ClF3NO4/c1-3-36-21-14-17(7-12-20(21)28)24(33)22-23(16-6-4-5-15(2)13-16)32(26(35)25(22)34)19-10-8-18(9-11-19)27(29,30)31/h4-14,23,33H,3H2,1-2H3/b24-22-. The zero-order valence-electron chi connectivity index (χ0n) is 19.3. The highest BCUT2D eigenvalue weighted by Crippen LogP contribution is 2.43. The fourth-order valence-electron chi connectivity index (χ4n) is 4.14. The van der Waals surface area contributed by atoms with Gasteiger partial charge in [-0.25, -0.2) is 0 Å². The summed E-state index contributed by atoms with van der Waals surface area (Å²) >= 11 is 6.15. The number of ether oxygens (including phenoxy) is 1. The van der Waals surface area contributed by atoms with Crippen LogP contribution in [0.4, 0.5) is 18.9 Å². The van der Waals surface area contributed by atoms with Crippen molar-refractivity contribution in [2.24, 2.45) is 0 Å². The molecule has 3 aromatic rings. The number of benzene rings is 3. The Hall–Kier alpha value is -3.78. The minimum atomic E-state index is -4.56. The molecule has 1 heterocycles. The van der Waals surface area contributed by atoms with Crippen molar-refractivity contribution < 1.29 is 32.6 Å². The van der Waals surface area contributed by atoms with Gasteiger partial charge in [0.05, 0.1) is 28.8 Å². The van der Waals surface area contributed by atoms with Crippen molar-refractivity contribution in [3.05, 3.63) is 99.6 Å². The highest BCUT2D eigenvalue weighted by atomic mass is 35.5. The molecule has 1 N–H and O–H groups in total. The number of aryl methyl sites for hydroxylation is 1. The SMILES string of the molecule is CCOc1cc(/C(O)=C2/C(=O)C(=O)N(c3ccc(C(F)(F)F)cc3)C2c2cccc(C)c2)ccc1Cl. The fraction of sp³-hybridized carbons (Fsp3) is 0.185. The molecule has 0 saturated carbocycles. The molecule has 1 aliphatic rings. The number of aliphatic hydroxyl groups excluding tert-OH is 1. The van der Waals surface area contributed by atoms with Crippen LogP contribution in [0, 0.1) is 6.92 Å². The number of rotatable bonds is 5. The Morgan fingerprint density at radius 3 is 2.36 bits per heavy atom. The van der Waals surface area contributed by atoms with Crippen LogP contribution in [0.5, 0.6) is 5.75 Å². The number of Topliss-reactive ketones (excluding diaryl/α,β-unsaturated/α-hetero) is 1. The molecule has 3 aromatic carbocycles. The van der Waals surface area contributed by atoms with Crippen LogP contribution in [0.2, 0.25) is 5.02 Å². The van der Waals surface area contributed by atoms with E-state index in [1.165, 1.54) is 18.2 Å². The molecule has 1 atom stereocenters. The van der Waals surface area contributed by atoms with E-state index in [0.29, 0.717) is 17.2 Å². The second kappa shape index (κ2) is 9.70. The minimum absolute atomic E-state index is 0.0850. The maximum absolute atomic E-state index is 13.2. The Bertz CT molecular complexity index is 1370. The smallest absolute Gasteiger partial charge is 0.416 e. The summed E-state index contributed by atoms with van der Waals surface area (Å²) in [6, 6.07) is 14.3. The van der Waals surface area contributed by atoms with Crippen molar-refractivity contribution in [2.45, 2.75) is 26.1 Å². The lowest BCUT2D eigenvalue weighted by atomic mass is 9.94. The number of amides is 1. The molecule has 1 amide bonds. The third-order valence-electron chi connectivity index (χ3n) is 5.78. The summed E-state index contributed by atoms with van der Waals surface area (Å²) in [5.41, 5.74) is 0.535. The third-order valence-corrected chi connectivity index (χ3v) is 6.09. The van der Waals surface area contributed by atoms with Crippen LogP contribution in [0.25, 0.3) is 5.76 Å². The molecular formula is C27H21ClF3NO4. The first kappa shape index (κ1) is 25.3. The molecule has 0 aromatic heterocycles. The van der Waals surface area contributed by atoms with Crippen LogP contribution in [0.1, 0.15) is 35.2 Å². The maximum Gasteiger partial charge on any atom is 0.416 e. The van der Waals surface area contributed by atoms with Crippen LogP contribution in [-0.2, 0) is 15.8 Å². The molecule has 36 heavy (non-hydrogen) atoms. The van der Waals surface area contributed by atoms with Crippen LogP contribution in [-0.4, -0.2) is 23.4 Å². The predicted molar refractivity (Wildman–Crippen MR) is 130 cm³/mol. The van der Waals surface area contributed by atoms with Gasteiger partial charge in [-0.15, -0.1) is 0 Å². The summed E-state index contributed by atoms with van der Waals surface area (Å²) in [5.74, 6) is -2.10. The second-order valence-corrected chi connectivity index (χ2v) is 8.61. The van der Waals surface area contributed by atoms with E-state index >= 15 is 0 Å². The maximum atomic E-state index is 13.2. The molecule has 1 unspecified atom stereocenters. The molecule has 1 saturated heterocycles. The number of carbonyl (C=O) groups is 2. The van der Waals surface area contributed by atoms with Gasteiger partial charge in [0.25, 0.3) is 11.7 Å². The van der Waals surface area contributed by atoms with Gasteiger partial charge >= 0.3 is 6.18 Å². The van der Waals surface area contributed by atoms with Crippen molar-refractivity contribution in [1.82, 2.24) is 0 Å². The highest BCUT2D eigenvalue weighted by molar-refractivity contribution is 6.51. The number of carbonyl (C=O) groups excluding carboxylic acids is 2. The van der Waals surface area contributed by atoms with Crippen molar-refractivity contribution in [3.8, 4) is 5.75 Å². The van der Waals surface area contributed by atoms with E-state index in [2.05, 4.69) is 0 Å². The Kier molecular flexibility index (Phi) is 6.82. The first-order chi connectivity index (χ1) is 17.0. The van der Waals surface area contributed by atoms with Gasteiger partial charge < -0.3 is 9.84 Å². The first-order valence-electron chi connectivity index (χ1n) is 11.0. The molecule has 9 heteroatoms. The minimum Gasteiger partial charge on any atom is -0.507 e. The van der Waals surface area contributed by atoms with Gasteiger partial charge in [0, 0.05) is 11.3 Å². The number of hydrogen-bond acceptors (Lipinski definition) is 4. The van der Waals surface area contributed by atoms with E-state index in [9.17, 15) is 27.9 Å². The number of anilines is 1. The van der Waals surface area contributed by atoms with E-state index in [1.807, 2.05) is 13.0 Å². The molecule has 1 aliphatic heterocycles. The quantitative estimate of drug-likeness (QED) is 0.233. The summed E-state index contributed by atoms with van der Waals surface area (Å²) in [6.07, 6.45) is -4.56. The van der Waals surface area contributed by atoms with Gasteiger partial charge in [0.15, 0.2) is 0 Å². The molecule has 5 nitrogen and oxygen atoms in total. The lowest BCUT2D eigenvalue weighted by Crippen LogP contribution is -2.29. The topological polar surface area (TPSA) is 66.8 Å². The predicted octanol–water partition coefficient (Wildman–Crippen LogP) is 6.69. The number of halogens is 4. The van der Waals surface area contributed by atoms with E-state index in [-0.39, 0.29) is 22.6 Å². The zero-order chi connectivity index (χ0) is 26.2. The molecule has 1 fully saturated rings. The fourth-order valence-corrected chi connectivity index (χ4v) is 4.31. The van der Waals surface area contributed by atoms with Gasteiger partial charge in [0.1, 0.15) is 11.5 Å². The van der Waals surface area contributed by atoms with Crippen LogP contribution >= 0.6 is 11.6 Å². The van der Waals surface area contributed by atoms with Gasteiger partial charge in [-0.2, -0.15) is 13.2 Å². The highest BCUT2D eigenvalue weighted by Gasteiger charge is 2.47. The van der Waals surface area contributed by atoms with E-state index in [1.54, 1.807) is 25.1 Å².